The predicted molar refractivity (Wildman–Crippen MR) is 189 cm³/mol. The Bertz CT molecular complexity index is 1870. The minimum absolute atomic E-state index is 0.0130. The number of nitrogens with one attached hydrogen (secondary N) is 1. The Hall–Kier alpha value is -4.32. The van der Waals surface area contributed by atoms with E-state index >= 15 is 0 Å². The molecule has 49 heavy (non-hydrogen) atoms. The number of benzene rings is 4. The molecule has 0 aliphatic rings. The Balaban J connectivity index is 1.87. The van der Waals surface area contributed by atoms with E-state index in [1.54, 1.807) is 18.2 Å². The minimum atomic E-state index is -4.50. The fourth-order valence-electron chi connectivity index (χ4n) is 5.10. The quantitative estimate of drug-likeness (QED) is 0.161. The van der Waals surface area contributed by atoms with E-state index in [-0.39, 0.29) is 39.3 Å². The Morgan fingerprint density at radius 2 is 1.47 bits per heavy atom. The zero-order valence-electron chi connectivity index (χ0n) is 27.7. The SMILES string of the molecule is COc1ccc(S(=O)(=O)N(CC(=O)N(Cc2c(Cl)cccc2Cl)[C@H](Cc2ccccc2)C(=O)NC(C)(C)C)c2ccc(F)cc2)cc1OC. The van der Waals surface area contributed by atoms with Crippen LogP contribution in [0.2, 0.25) is 10.0 Å². The van der Waals surface area contributed by atoms with Gasteiger partial charge in [0.15, 0.2) is 11.5 Å². The number of amides is 2. The van der Waals surface area contributed by atoms with Gasteiger partial charge in [-0.3, -0.25) is 13.9 Å². The molecule has 0 aromatic heterocycles. The van der Waals surface area contributed by atoms with Gasteiger partial charge in [0.2, 0.25) is 11.8 Å². The summed E-state index contributed by atoms with van der Waals surface area (Å²) in [6.07, 6.45) is 0.0928. The molecular weight excluding hydrogens is 692 g/mol. The van der Waals surface area contributed by atoms with Crippen LogP contribution >= 0.6 is 23.2 Å². The molecule has 0 bridgehead atoms. The Morgan fingerprint density at radius 1 is 0.857 bits per heavy atom. The van der Waals surface area contributed by atoms with Crippen molar-refractivity contribution in [3.63, 3.8) is 0 Å². The number of carbonyl (C=O) groups excluding carboxylic acids is 2. The Kier molecular flexibility index (Phi) is 12.2. The molecule has 4 aromatic carbocycles. The summed E-state index contributed by atoms with van der Waals surface area (Å²) < 4.78 is 54.2. The average Bonchev–Trinajstić information content (AvgIpc) is 3.06. The summed E-state index contributed by atoms with van der Waals surface area (Å²) in [7, 11) is -1.72. The summed E-state index contributed by atoms with van der Waals surface area (Å²) in [5, 5.41) is 3.48. The highest BCUT2D eigenvalue weighted by molar-refractivity contribution is 7.92. The molecule has 0 heterocycles. The van der Waals surface area contributed by atoms with E-state index in [2.05, 4.69) is 5.32 Å². The third-order valence-electron chi connectivity index (χ3n) is 7.50. The number of carbonyl (C=O) groups is 2. The smallest absolute Gasteiger partial charge is 0.264 e. The van der Waals surface area contributed by atoms with Crippen molar-refractivity contribution in [2.45, 2.75) is 50.2 Å². The second kappa shape index (κ2) is 15.9. The minimum Gasteiger partial charge on any atom is -0.493 e. The second-order valence-corrected chi connectivity index (χ2v) is 14.8. The predicted octanol–water partition coefficient (Wildman–Crippen LogP) is 6.90. The fraction of sp³-hybridized carbons (Fsp3) is 0.278. The molecule has 4 rings (SSSR count). The van der Waals surface area contributed by atoms with Crippen molar-refractivity contribution in [1.29, 1.82) is 0 Å². The van der Waals surface area contributed by atoms with Crippen molar-refractivity contribution in [1.82, 2.24) is 10.2 Å². The van der Waals surface area contributed by atoms with Crippen LogP contribution in [0.5, 0.6) is 11.5 Å². The maximum atomic E-state index is 14.7. The number of ether oxygens (including phenoxy) is 2. The van der Waals surface area contributed by atoms with Crippen LogP contribution in [0.4, 0.5) is 10.1 Å². The standard InChI is InChI=1S/C36H38Cl2FN3O6S/c1-36(2,3)40-35(44)31(20-24-10-7-6-8-11-24)41(22-28-29(37)12-9-13-30(28)38)34(43)23-42(26-16-14-25(39)15-17-26)49(45,46)27-18-19-32(47-4)33(21-27)48-5/h6-19,21,31H,20,22-23H2,1-5H3,(H,40,44)/t31-/m1/s1. The lowest BCUT2D eigenvalue weighted by Crippen LogP contribution is -2.56. The van der Waals surface area contributed by atoms with Gasteiger partial charge in [-0.15, -0.1) is 0 Å². The Morgan fingerprint density at radius 3 is 2.04 bits per heavy atom. The molecular formula is C36H38Cl2FN3O6S. The summed E-state index contributed by atoms with van der Waals surface area (Å²) in [5.74, 6) is -1.37. The number of nitrogens with zero attached hydrogens (tertiary/aromatic N) is 2. The number of methoxy groups -OCH3 is 2. The largest absolute Gasteiger partial charge is 0.493 e. The summed E-state index contributed by atoms with van der Waals surface area (Å²) in [6.45, 7) is 4.45. The van der Waals surface area contributed by atoms with Crippen LogP contribution < -0.4 is 19.1 Å². The second-order valence-electron chi connectivity index (χ2n) is 12.2. The molecule has 9 nitrogen and oxygen atoms in total. The lowest BCUT2D eigenvalue weighted by atomic mass is 10.0. The summed E-state index contributed by atoms with van der Waals surface area (Å²) in [5.41, 5.74) is 0.475. The first-order valence-corrected chi connectivity index (χ1v) is 17.4. The number of halogens is 3. The van der Waals surface area contributed by atoms with Crippen molar-refractivity contribution in [2.24, 2.45) is 0 Å². The molecule has 1 N–H and O–H groups in total. The van der Waals surface area contributed by atoms with Crippen LogP contribution in [0.1, 0.15) is 31.9 Å². The van der Waals surface area contributed by atoms with E-state index in [1.165, 1.54) is 49.5 Å². The zero-order chi connectivity index (χ0) is 35.9. The summed E-state index contributed by atoms with van der Waals surface area (Å²) in [6, 6.07) is 21.6. The molecule has 0 aliphatic heterocycles. The van der Waals surface area contributed by atoms with E-state index in [0.717, 1.165) is 22.0 Å². The van der Waals surface area contributed by atoms with Gasteiger partial charge >= 0.3 is 0 Å². The van der Waals surface area contributed by atoms with Gasteiger partial charge in [0, 0.05) is 40.2 Å². The third-order valence-corrected chi connectivity index (χ3v) is 9.97. The van der Waals surface area contributed by atoms with Crippen molar-refractivity contribution >= 4 is 50.7 Å². The van der Waals surface area contributed by atoms with Crippen LogP contribution in [-0.2, 0) is 32.6 Å². The number of hydrogen-bond donors (Lipinski definition) is 1. The summed E-state index contributed by atoms with van der Waals surface area (Å²) in [4.78, 5) is 29.8. The molecule has 0 spiro atoms. The van der Waals surface area contributed by atoms with Crippen molar-refractivity contribution in [3.05, 3.63) is 118 Å². The fourth-order valence-corrected chi connectivity index (χ4v) is 7.05. The van der Waals surface area contributed by atoms with Gasteiger partial charge in [0.25, 0.3) is 10.0 Å². The zero-order valence-corrected chi connectivity index (χ0v) is 30.1. The number of anilines is 1. The van der Waals surface area contributed by atoms with E-state index in [0.29, 0.717) is 11.3 Å². The molecule has 2 amide bonds. The maximum Gasteiger partial charge on any atom is 0.264 e. The molecule has 0 unspecified atom stereocenters. The van der Waals surface area contributed by atoms with Crippen molar-refractivity contribution in [2.75, 3.05) is 25.1 Å². The first-order valence-electron chi connectivity index (χ1n) is 15.2. The lowest BCUT2D eigenvalue weighted by molar-refractivity contribution is -0.140. The van der Waals surface area contributed by atoms with E-state index in [9.17, 15) is 22.4 Å². The van der Waals surface area contributed by atoms with Gasteiger partial charge in [0.1, 0.15) is 18.4 Å². The van der Waals surface area contributed by atoms with Gasteiger partial charge in [0.05, 0.1) is 24.8 Å². The van der Waals surface area contributed by atoms with Crippen molar-refractivity contribution < 1.29 is 31.9 Å². The molecule has 0 fully saturated rings. The molecule has 1 atom stereocenters. The highest BCUT2D eigenvalue weighted by Crippen LogP contribution is 2.33. The molecule has 0 radical (unpaired) electrons. The van der Waals surface area contributed by atoms with E-state index in [1.807, 2.05) is 51.1 Å². The van der Waals surface area contributed by atoms with Gasteiger partial charge in [-0.1, -0.05) is 59.6 Å². The summed E-state index contributed by atoms with van der Waals surface area (Å²) >= 11 is 13.1. The molecule has 0 aliphatic carbocycles. The van der Waals surface area contributed by atoms with E-state index in [4.69, 9.17) is 32.7 Å². The van der Waals surface area contributed by atoms with Crippen LogP contribution in [0.25, 0.3) is 0 Å². The van der Waals surface area contributed by atoms with Gasteiger partial charge in [-0.05, 0) is 74.9 Å². The molecule has 0 saturated heterocycles. The molecule has 0 saturated carbocycles. The Labute approximate surface area is 296 Å². The van der Waals surface area contributed by atoms with Gasteiger partial charge in [-0.2, -0.15) is 0 Å². The first kappa shape index (κ1) is 37.5. The van der Waals surface area contributed by atoms with Gasteiger partial charge in [-0.25, -0.2) is 12.8 Å². The highest BCUT2D eigenvalue weighted by Gasteiger charge is 2.36. The van der Waals surface area contributed by atoms with Crippen LogP contribution in [0, 0.1) is 5.82 Å². The molecule has 260 valence electrons. The van der Waals surface area contributed by atoms with Crippen LogP contribution in [-0.4, -0.2) is 57.5 Å². The number of sulfonamides is 1. The molecule has 4 aromatic rings. The van der Waals surface area contributed by atoms with Crippen LogP contribution in [0.15, 0.2) is 95.9 Å². The normalized spacial score (nSPS) is 12.2. The maximum absolute atomic E-state index is 14.7. The van der Waals surface area contributed by atoms with Crippen molar-refractivity contribution in [3.8, 4) is 11.5 Å². The monoisotopic (exact) mass is 729 g/mol. The molecule has 13 heteroatoms. The van der Waals surface area contributed by atoms with E-state index < -0.39 is 45.8 Å². The van der Waals surface area contributed by atoms with Crippen LogP contribution in [0.3, 0.4) is 0 Å². The lowest BCUT2D eigenvalue weighted by Gasteiger charge is -2.35. The number of hydrogen-bond acceptors (Lipinski definition) is 6. The third kappa shape index (κ3) is 9.44. The van der Waals surface area contributed by atoms with Gasteiger partial charge < -0.3 is 19.7 Å². The first-order chi connectivity index (χ1) is 23.1. The number of rotatable bonds is 13. The average molecular weight is 731 g/mol. The highest BCUT2D eigenvalue weighted by atomic mass is 35.5. The topological polar surface area (TPSA) is 105 Å².